The fourth-order valence-corrected chi connectivity index (χ4v) is 3.22. The highest BCUT2D eigenvalue weighted by Crippen LogP contribution is 2.21. The molecule has 1 heterocycles. The monoisotopic (exact) mass is 346 g/mol. The average molecular weight is 346 g/mol. The minimum atomic E-state index is 0.966. The number of aromatic nitrogens is 2. The van der Waals surface area contributed by atoms with Crippen LogP contribution in [0.3, 0.4) is 0 Å². The van der Waals surface area contributed by atoms with E-state index in [1.807, 2.05) is 17.8 Å². The zero-order valence-corrected chi connectivity index (χ0v) is 16.4. The molecule has 3 rings (SSSR count). The van der Waals surface area contributed by atoms with E-state index in [1.54, 1.807) is 0 Å². The van der Waals surface area contributed by atoms with E-state index >= 15 is 0 Å². The lowest BCUT2D eigenvalue weighted by Gasteiger charge is -2.09. The third-order valence-electron chi connectivity index (χ3n) is 4.69. The molecule has 4 heteroatoms. The molecule has 0 amide bonds. The molecule has 0 atom stereocenters. The summed E-state index contributed by atoms with van der Waals surface area (Å²) in [6.07, 6.45) is 1.86. The summed E-state index contributed by atoms with van der Waals surface area (Å²) < 4.78 is 2.00. The molecule has 0 spiro atoms. The van der Waals surface area contributed by atoms with Crippen LogP contribution in [0.4, 0.5) is 5.69 Å². The van der Waals surface area contributed by atoms with Crippen molar-refractivity contribution in [3.8, 4) is 5.69 Å². The molecule has 2 aromatic carbocycles. The second-order valence-corrected chi connectivity index (χ2v) is 6.97. The Hall–Kier alpha value is -2.88. The Labute approximate surface area is 155 Å². The van der Waals surface area contributed by atoms with Gasteiger partial charge in [-0.25, -0.2) is 4.68 Å². The Morgan fingerprint density at radius 1 is 0.885 bits per heavy atom. The molecule has 0 radical (unpaired) electrons. The predicted octanol–water partition coefficient (Wildman–Crippen LogP) is 5.17. The summed E-state index contributed by atoms with van der Waals surface area (Å²) in [5.41, 5.74) is 13.3. The van der Waals surface area contributed by atoms with Gasteiger partial charge in [0.15, 0.2) is 0 Å². The molecule has 0 unspecified atom stereocenters. The maximum atomic E-state index is 4.72. The number of anilines is 1. The minimum absolute atomic E-state index is 0.966. The van der Waals surface area contributed by atoms with Gasteiger partial charge in [0.25, 0.3) is 0 Å². The third kappa shape index (κ3) is 3.54. The van der Waals surface area contributed by atoms with Crippen molar-refractivity contribution in [2.24, 2.45) is 5.10 Å². The molecule has 1 N–H and O–H groups in total. The first-order chi connectivity index (χ1) is 12.4. The molecule has 1 aromatic heterocycles. The van der Waals surface area contributed by atoms with Gasteiger partial charge < -0.3 is 0 Å². The molecule has 134 valence electrons. The summed E-state index contributed by atoms with van der Waals surface area (Å²) in [6.45, 7) is 12.5. The quantitative estimate of drug-likeness (QED) is 0.523. The number of hydrazone groups is 1. The van der Waals surface area contributed by atoms with Crippen LogP contribution in [0.2, 0.25) is 0 Å². The largest absolute Gasteiger partial charge is 0.278 e. The van der Waals surface area contributed by atoms with Crippen LogP contribution in [0.25, 0.3) is 5.69 Å². The fourth-order valence-electron chi connectivity index (χ4n) is 3.22. The minimum Gasteiger partial charge on any atom is -0.278 e. The van der Waals surface area contributed by atoms with Gasteiger partial charge in [-0.3, -0.25) is 5.43 Å². The smallest absolute Gasteiger partial charge is 0.0689 e. The van der Waals surface area contributed by atoms with E-state index in [-0.39, 0.29) is 0 Å². The van der Waals surface area contributed by atoms with Crippen molar-refractivity contribution < 1.29 is 0 Å². The standard InChI is InChI=1S/C22H26N4/c1-14-7-9-21(16(3)11-14)24-23-13-20-18(5)25-26(19(20)6)22-10-8-15(2)12-17(22)4/h7-13,24H,1-6H3/b23-13+. The number of nitrogens with one attached hydrogen (secondary N) is 1. The molecule has 0 aliphatic rings. The summed E-state index contributed by atoms with van der Waals surface area (Å²) in [5, 5.41) is 9.16. The normalized spacial score (nSPS) is 11.3. The van der Waals surface area contributed by atoms with E-state index in [0.717, 1.165) is 28.3 Å². The second kappa shape index (κ2) is 7.16. The predicted molar refractivity (Wildman–Crippen MR) is 110 cm³/mol. The molecule has 0 saturated heterocycles. The molecule has 0 aliphatic heterocycles. The van der Waals surface area contributed by atoms with Crippen molar-refractivity contribution in [1.82, 2.24) is 9.78 Å². The molecular formula is C22H26N4. The highest BCUT2D eigenvalue weighted by molar-refractivity contribution is 5.83. The highest BCUT2D eigenvalue weighted by atomic mass is 15.3. The van der Waals surface area contributed by atoms with E-state index in [1.165, 1.54) is 22.3 Å². The van der Waals surface area contributed by atoms with Crippen molar-refractivity contribution >= 4 is 11.9 Å². The molecule has 0 fully saturated rings. The van der Waals surface area contributed by atoms with Crippen LogP contribution >= 0.6 is 0 Å². The highest BCUT2D eigenvalue weighted by Gasteiger charge is 2.12. The number of nitrogens with zero attached hydrogens (tertiary/aromatic N) is 3. The van der Waals surface area contributed by atoms with Crippen LogP contribution in [0.1, 0.15) is 39.2 Å². The van der Waals surface area contributed by atoms with E-state index < -0.39 is 0 Å². The van der Waals surface area contributed by atoms with Crippen molar-refractivity contribution in [3.63, 3.8) is 0 Å². The zero-order chi connectivity index (χ0) is 18.8. The van der Waals surface area contributed by atoms with E-state index in [2.05, 4.69) is 81.5 Å². The van der Waals surface area contributed by atoms with Gasteiger partial charge in [-0.1, -0.05) is 35.4 Å². The Bertz CT molecular complexity index is 980. The van der Waals surface area contributed by atoms with Crippen LogP contribution in [-0.2, 0) is 0 Å². The Morgan fingerprint density at radius 3 is 2.19 bits per heavy atom. The second-order valence-electron chi connectivity index (χ2n) is 6.97. The van der Waals surface area contributed by atoms with Crippen molar-refractivity contribution in [3.05, 3.63) is 75.6 Å². The first-order valence-corrected chi connectivity index (χ1v) is 8.87. The lowest BCUT2D eigenvalue weighted by Crippen LogP contribution is -2.02. The summed E-state index contributed by atoms with van der Waals surface area (Å²) in [5.74, 6) is 0. The van der Waals surface area contributed by atoms with Gasteiger partial charge in [-0.2, -0.15) is 10.2 Å². The first kappa shape index (κ1) is 17.9. The van der Waals surface area contributed by atoms with Crippen LogP contribution < -0.4 is 5.43 Å². The lowest BCUT2D eigenvalue weighted by molar-refractivity contribution is 0.827. The van der Waals surface area contributed by atoms with Gasteiger partial charge in [-0.05, 0) is 64.8 Å². The lowest BCUT2D eigenvalue weighted by atomic mass is 10.1. The van der Waals surface area contributed by atoms with Crippen molar-refractivity contribution in [1.29, 1.82) is 0 Å². The fraction of sp³-hybridized carbons (Fsp3) is 0.273. The molecule has 26 heavy (non-hydrogen) atoms. The maximum Gasteiger partial charge on any atom is 0.0689 e. The average Bonchev–Trinajstić information content (AvgIpc) is 2.84. The van der Waals surface area contributed by atoms with Crippen molar-refractivity contribution in [2.75, 3.05) is 5.43 Å². The molecule has 3 aromatic rings. The number of hydrogen-bond donors (Lipinski definition) is 1. The molecule has 0 aliphatic carbocycles. The van der Waals surface area contributed by atoms with Crippen LogP contribution in [-0.4, -0.2) is 16.0 Å². The summed E-state index contributed by atoms with van der Waals surface area (Å²) in [7, 11) is 0. The third-order valence-corrected chi connectivity index (χ3v) is 4.69. The SMILES string of the molecule is Cc1ccc(N/N=C/c2c(C)nn(-c3ccc(C)cc3C)c2C)c(C)c1. The summed E-state index contributed by atoms with van der Waals surface area (Å²) in [4.78, 5) is 0. The molecular weight excluding hydrogens is 320 g/mol. The van der Waals surface area contributed by atoms with Gasteiger partial charge in [-0.15, -0.1) is 0 Å². The molecule has 4 nitrogen and oxygen atoms in total. The van der Waals surface area contributed by atoms with Crippen LogP contribution in [0.15, 0.2) is 41.5 Å². The van der Waals surface area contributed by atoms with Gasteiger partial charge in [0, 0.05) is 5.56 Å². The van der Waals surface area contributed by atoms with Crippen LogP contribution in [0.5, 0.6) is 0 Å². The van der Waals surface area contributed by atoms with Gasteiger partial charge in [0.2, 0.25) is 0 Å². The topological polar surface area (TPSA) is 42.2 Å². The van der Waals surface area contributed by atoms with E-state index in [4.69, 9.17) is 5.10 Å². The zero-order valence-electron chi connectivity index (χ0n) is 16.4. The Kier molecular flexibility index (Phi) is 4.94. The van der Waals surface area contributed by atoms with Crippen LogP contribution in [0, 0.1) is 41.5 Å². The maximum absolute atomic E-state index is 4.72. The van der Waals surface area contributed by atoms with Gasteiger partial charge in [0.05, 0.1) is 29.0 Å². The van der Waals surface area contributed by atoms with E-state index in [0.29, 0.717) is 0 Å². The summed E-state index contributed by atoms with van der Waals surface area (Å²) in [6, 6.07) is 12.7. The molecule has 0 bridgehead atoms. The van der Waals surface area contributed by atoms with E-state index in [9.17, 15) is 0 Å². The summed E-state index contributed by atoms with van der Waals surface area (Å²) >= 11 is 0. The number of benzene rings is 2. The van der Waals surface area contributed by atoms with Gasteiger partial charge in [0.1, 0.15) is 0 Å². The van der Waals surface area contributed by atoms with Crippen molar-refractivity contribution in [2.45, 2.75) is 41.5 Å². The number of hydrogen-bond acceptors (Lipinski definition) is 3. The van der Waals surface area contributed by atoms with Gasteiger partial charge >= 0.3 is 0 Å². The first-order valence-electron chi connectivity index (χ1n) is 8.87. The Balaban J connectivity index is 1.88. The number of aryl methyl sites for hydroxylation is 5. The Morgan fingerprint density at radius 2 is 1.54 bits per heavy atom. The number of rotatable bonds is 4. The molecule has 0 saturated carbocycles.